The van der Waals surface area contributed by atoms with Gasteiger partial charge in [-0.25, -0.2) is 4.79 Å². The predicted octanol–water partition coefficient (Wildman–Crippen LogP) is 2.87. The Balaban J connectivity index is 1.90. The van der Waals surface area contributed by atoms with Gasteiger partial charge in [0.15, 0.2) is 12.4 Å². The smallest absolute Gasteiger partial charge is 0.329 e. The van der Waals surface area contributed by atoms with Crippen LogP contribution in [0.4, 0.5) is 5.69 Å². The van der Waals surface area contributed by atoms with Gasteiger partial charge < -0.3 is 19.8 Å². The lowest BCUT2D eigenvalue weighted by Gasteiger charge is -2.20. The molecule has 0 spiro atoms. The van der Waals surface area contributed by atoms with Crippen LogP contribution in [0.15, 0.2) is 47.1 Å². The second-order valence-corrected chi connectivity index (χ2v) is 6.22. The summed E-state index contributed by atoms with van der Waals surface area (Å²) in [6.07, 6.45) is 1.36. The number of hydrogen-bond acceptors (Lipinski definition) is 5. The highest BCUT2D eigenvalue weighted by Crippen LogP contribution is 2.20. The van der Waals surface area contributed by atoms with Crippen LogP contribution in [0.3, 0.4) is 0 Å². The molecule has 26 heavy (non-hydrogen) atoms. The van der Waals surface area contributed by atoms with E-state index in [2.05, 4.69) is 10.6 Å². The molecule has 2 amide bonds. The van der Waals surface area contributed by atoms with Gasteiger partial charge in [0.1, 0.15) is 6.04 Å². The normalized spacial score (nSPS) is 11.7. The van der Waals surface area contributed by atoms with Crippen molar-refractivity contribution in [3.63, 3.8) is 0 Å². The third kappa shape index (κ3) is 5.35. The molecule has 0 bridgehead atoms. The fourth-order valence-electron chi connectivity index (χ4n) is 2.09. The molecular weight excluding hydrogens is 360 g/mol. The number of furan rings is 1. The molecular formula is C18H19ClN2O5. The second-order valence-electron chi connectivity index (χ2n) is 5.81. The van der Waals surface area contributed by atoms with E-state index in [0.29, 0.717) is 10.7 Å². The topological polar surface area (TPSA) is 97.6 Å². The number of carbonyl (C=O) groups is 3. The van der Waals surface area contributed by atoms with Crippen LogP contribution in [-0.2, 0) is 14.3 Å². The van der Waals surface area contributed by atoms with Gasteiger partial charge in [0, 0.05) is 0 Å². The van der Waals surface area contributed by atoms with Crippen molar-refractivity contribution in [2.24, 2.45) is 5.92 Å². The lowest BCUT2D eigenvalue weighted by atomic mass is 10.0. The van der Waals surface area contributed by atoms with Gasteiger partial charge in [-0.1, -0.05) is 37.6 Å². The molecule has 2 N–H and O–H groups in total. The minimum atomic E-state index is -0.916. The predicted molar refractivity (Wildman–Crippen MR) is 95.8 cm³/mol. The maximum atomic E-state index is 12.2. The van der Waals surface area contributed by atoms with Gasteiger partial charge in [-0.2, -0.15) is 0 Å². The number of hydrogen-bond donors (Lipinski definition) is 2. The molecule has 7 nitrogen and oxygen atoms in total. The molecule has 8 heteroatoms. The average Bonchev–Trinajstić information content (AvgIpc) is 3.14. The molecule has 0 unspecified atom stereocenters. The van der Waals surface area contributed by atoms with E-state index in [4.69, 9.17) is 20.8 Å². The number of rotatable bonds is 7. The van der Waals surface area contributed by atoms with Crippen LogP contribution in [0.25, 0.3) is 0 Å². The third-order valence-electron chi connectivity index (χ3n) is 3.45. The maximum Gasteiger partial charge on any atom is 0.329 e. The third-order valence-corrected chi connectivity index (χ3v) is 3.78. The van der Waals surface area contributed by atoms with E-state index in [1.165, 1.54) is 12.3 Å². The van der Waals surface area contributed by atoms with Crippen molar-refractivity contribution in [3.05, 3.63) is 53.4 Å². The van der Waals surface area contributed by atoms with E-state index in [0.717, 1.165) is 0 Å². The molecule has 2 rings (SSSR count). The molecule has 138 valence electrons. The molecule has 1 heterocycles. The molecule has 1 aromatic heterocycles. The summed E-state index contributed by atoms with van der Waals surface area (Å²) in [6.45, 7) is 3.00. The largest absolute Gasteiger partial charge is 0.459 e. The number of amides is 2. The van der Waals surface area contributed by atoms with Gasteiger partial charge in [-0.05, 0) is 30.2 Å². The van der Waals surface area contributed by atoms with Gasteiger partial charge in [0.25, 0.3) is 11.8 Å². The first-order valence-electron chi connectivity index (χ1n) is 7.94. The summed E-state index contributed by atoms with van der Waals surface area (Å²) in [5.41, 5.74) is 0.418. The maximum absolute atomic E-state index is 12.2. The van der Waals surface area contributed by atoms with Crippen molar-refractivity contribution < 1.29 is 23.5 Å². The Kier molecular flexibility index (Phi) is 6.80. The Bertz CT molecular complexity index is 774. The highest BCUT2D eigenvalue weighted by Gasteiger charge is 2.27. The number of benzene rings is 1. The van der Waals surface area contributed by atoms with E-state index in [1.807, 2.05) is 0 Å². The van der Waals surface area contributed by atoms with Crippen molar-refractivity contribution >= 4 is 35.1 Å². The van der Waals surface area contributed by atoms with E-state index >= 15 is 0 Å². The summed E-state index contributed by atoms with van der Waals surface area (Å²) in [5.74, 6) is -1.94. The molecule has 1 atom stereocenters. The number of nitrogens with one attached hydrogen (secondary N) is 2. The fraction of sp³-hybridized carbons (Fsp3) is 0.278. The molecule has 1 aromatic carbocycles. The van der Waals surface area contributed by atoms with Crippen molar-refractivity contribution in [1.29, 1.82) is 0 Å². The van der Waals surface area contributed by atoms with Crippen LogP contribution in [-0.4, -0.2) is 30.4 Å². The zero-order chi connectivity index (χ0) is 19.1. The quantitative estimate of drug-likeness (QED) is 0.722. The van der Waals surface area contributed by atoms with Crippen LogP contribution in [0, 0.1) is 5.92 Å². The monoisotopic (exact) mass is 378 g/mol. The first kappa shape index (κ1) is 19.5. The van der Waals surface area contributed by atoms with E-state index in [1.54, 1.807) is 44.2 Å². The van der Waals surface area contributed by atoms with Crippen LogP contribution in [0.5, 0.6) is 0 Å². The highest BCUT2D eigenvalue weighted by molar-refractivity contribution is 6.33. The van der Waals surface area contributed by atoms with Gasteiger partial charge in [0.05, 0.1) is 17.0 Å². The van der Waals surface area contributed by atoms with Crippen molar-refractivity contribution in [2.45, 2.75) is 19.9 Å². The minimum Gasteiger partial charge on any atom is -0.459 e. The van der Waals surface area contributed by atoms with Crippen LogP contribution >= 0.6 is 11.6 Å². The van der Waals surface area contributed by atoms with Crippen molar-refractivity contribution in [3.8, 4) is 0 Å². The minimum absolute atomic E-state index is 0.0833. The van der Waals surface area contributed by atoms with Crippen LogP contribution in [0.1, 0.15) is 24.4 Å². The summed E-state index contributed by atoms with van der Waals surface area (Å²) in [4.78, 5) is 36.2. The highest BCUT2D eigenvalue weighted by atomic mass is 35.5. The van der Waals surface area contributed by atoms with Crippen molar-refractivity contribution in [2.75, 3.05) is 11.9 Å². The van der Waals surface area contributed by atoms with Gasteiger partial charge in [-0.3, -0.25) is 9.59 Å². The zero-order valence-electron chi connectivity index (χ0n) is 14.3. The summed E-state index contributed by atoms with van der Waals surface area (Å²) in [6, 6.07) is 8.83. The molecule has 0 radical (unpaired) electrons. The summed E-state index contributed by atoms with van der Waals surface area (Å²) in [7, 11) is 0. The lowest BCUT2D eigenvalue weighted by molar-refractivity contribution is -0.150. The SMILES string of the molecule is CC(C)[C@H](NC(=O)c1ccco1)C(=O)OCC(=O)Nc1ccccc1Cl. The lowest BCUT2D eigenvalue weighted by Crippen LogP contribution is -2.45. The molecule has 0 saturated heterocycles. The van der Waals surface area contributed by atoms with E-state index < -0.39 is 30.4 Å². The van der Waals surface area contributed by atoms with Gasteiger partial charge in [0.2, 0.25) is 0 Å². The number of esters is 1. The fourth-order valence-corrected chi connectivity index (χ4v) is 2.28. The molecule has 0 aliphatic rings. The Labute approximate surface area is 155 Å². The standard InChI is InChI=1S/C18H19ClN2O5/c1-11(2)16(21-17(23)14-8-5-9-25-14)18(24)26-10-15(22)20-13-7-4-3-6-12(13)19/h3-9,11,16H,10H2,1-2H3,(H,20,22)(H,21,23)/t16-/m0/s1. The second kappa shape index (κ2) is 9.05. The van der Waals surface area contributed by atoms with Gasteiger partial charge in [-0.15, -0.1) is 0 Å². The summed E-state index contributed by atoms with van der Waals surface area (Å²) < 4.78 is 10.0. The first-order valence-corrected chi connectivity index (χ1v) is 8.31. The van der Waals surface area contributed by atoms with E-state index in [9.17, 15) is 14.4 Å². The summed E-state index contributed by atoms with van der Waals surface area (Å²) in [5, 5.41) is 5.46. The number of ether oxygens (including phenoxy) is 1. The molecule has 0 saturated carbocycles. The number of halogens is 1. The number of anilines is 1. The Hall–Kier alpha value is -2.80. The van der Waals surface area contributed by atoms with Crippen molar-refractivity contribution in [1.82, 2.24) is 5.32 Å². The summed E-state index contributed by atoms with van der Waals surface area (Å²) >= 11 is 5.95. The van der Waals surface area contributed by atoms with E-state index in [-0.39, 0.29) is 11.7 Å². The Morgan fingerprint density at radius 1 is 1.15 bits per heavy atom. The number of carbonyl (C=O) groups excluding carboxylic acids is 3. The Morgan fingerprint density at radius 2 is 1.88 bits per heavy atom. The van der Waals surface area contributed by atoms with Crippen LogP contribution < -0.4 is 10.6 Å². The molecule has 0 aliphatic carbocycles. The molecule has 0 fully saturated rings. The number of para-hydroxylation sites is 1. The first-order chi connectivity index (χ1) is 12.4. The average molecular weight is 379 g/mol. The van der Waals surface area contributed by atoms with Crippen LogP contribution in [0.2, 0.25) is 5.02 Å². The molecule has 0 aliphatic heterocycles. The van der Waals surface area contributed by atoms with Gasteiger partial charge >= 0.3 is 5.97 Å². The molecule has 2 aromatic rings. The zero-order valence-corrected chi connectivity index (χ0v) is 15.1. The Morgan fingerprint density at radius 3 is 2.50 bits per heavy atom.